The summed E-state index contributed by atoms with van der Waals surface area (Å²) >= 11 is 0. The highest BCUT2D eigenvalue weighted by Gasteiger charge is 2.16. The maximum atomic E-state index is 11.6. The molecule has 0 saturated heterocycles. The molecule has 0 aliphatic rings. The van der Waals surface area contributed by atoms with Crippen LogP contribution in [0.4, 0.5) is 0 Å². The molecule has 0 spiro atoms. The first kappa shape index (κ1) is 20.0. The van der Waals surface area contributed by atoms with Crippen LogP contribution in [0.25, 0.3) is 0 Å². The summed E-state index contributed by atoms with van der Waals surface area (Å²) in [7, 11) is -3.01. The fraction of sp³-hybridized carbons (Fsp3) is 0.909. The molecule has 7 heteroatoms. The van der Waals surface area contributed by atoms with Crippen LogP contribution in [0.2, 0.25) is 0 Å². The van der Waals surface area contributed by atoms with Crippen molar-refractivity contribution in [3.05, 3.63) is 0 Å². The summed E-state index contributed by atoms with van der Waals surface area (Å²) in [5.41, 5.74) is 0. The standard InChI is InChI=1S/C11H23NO4S.ClH/c1-4-6-12(9-11(13)14)7-5-8-17(15,16)10(2)3;/h10H,4-9H2,1-3H3,(H,13,14);1H. The minimum absolute atomic E-state index is 0. The van der Waals surface area contributed by atoms with Gasteiger partial charge in [-0.15, -0.1) is 12.4 Å². The molecule has 18 heavy (non-hydrogen) atoms. The van der Waals surface area contributed by atoms with Crippen LogP contribution in [0.3, 0.4) is 0 Å². The van der Waals surface area contributed by atoms with Crippen LogP contribution >= 0.6 is 12.4 Å². The van der Waals surface area contributed by atoms with Crippen LogP contribution in [0.5, 0.6) is 0 Å². The first-order valence-corrected chi connectivity index (χ1v) is 7.66. The molecule has 0 rings (SSSR count). The SMILES string of the molecule is CCCN(CCCS(=O)(=O)C(C)C)CC(=O)O.Cl. The maximum absolute atomic E-state index is 11.6. The van der Waals surface area contributed by atoms with Crippen molar-refractivity contribution in [1.82, 2.24) is 4.90 Å². The highest BCUT2D eigenvalue weighted by molar-refractivity contribution is 7.91. The molecule has 0 atom stereocenters. The Kier molecular flexibility index (Phi) is 10.6. The van der Waals surface area contributed by atoms with Crippen molar-refractivity contribution in [2.24, 2.45) is 0 Å². The topological polar surface area (TPSA) is 74.7 Å². The number of nitrogens with zero attached hydrogens (tertiary/aromatic N) is 1. The number of aliphatic carboxylic acids is 1. The van der Waals surface area contributed by atoms with Crippen LogP contribution in [-0.4, -0.2) is 55.0 Å². The molecule has 0 aromatic heterocycles. The summed E-state index contributed by atoms with van der Waals surface area (Å²) in [4.78, 5) is 12.4. The van der Waals surface area contributed by atoms with Crippen LogP contribution in [0.1, 0.15) is 33.6 Å². The summed E-state index contributed by atoms with van der Waals surface area (Å²) < 4.78 is 23.1. The third-order valence-electron chi connectivity index (χ3n) is 2.52. The average Bonchev–Trinajstić information content (AvgIpc) is 2.16. The number of rotatable bonds is 9. The Balaban J connectivity index is 0. The summed E-state index contributed by atoms with van der Waals surface area (Å²) in [6.45, 7) is 6.49. The number of sulfone groups is 1. The molecule has 5 nitrogen and oxygen atoms in total. The predicted molar refractivity (Wildman–Crippen MR) is 75.2 cm³/mol. The third-order valence-corrected chi connectivity index (χ3v) is 4.81. The molecule has 1 N–H and O–H groups in total. The first-order valence-electron chi connectivity index (χ1n) is 5.95. The van der Waals surface area contributed by atoms with Gasteiger partial charge < -0.3 is 5.11 Å². The van der Waals surface area contributed by atoms with E-state index in [4.69, 9.17) is 5.11 Å². The average molecular weight is 302 g/mol. The van der Waals surface area contributed by atoms with Gasteiger partial charge in [-0.05, 0) is 39.8 Å². The van der Waals surface area contributed by atoms with Gasteiger partial charge >= 0.3 is 5.97 Å². The molecule has 0 aromatic rings. The number of hydrogen-bond donors (Lipinski definition) is 1. The highest BCUT2D eigenvalue weighted by atomic mass is 35.5. The van der Waals surface area contributed by atoms with Gasteiger partial charge in [0.2, 0.25) is 0 Å². The van der Waals surface area contributed by atoms with Gasteiger partial charge in [0, 0.05) is 0 Å². The van der Waals surface area contributed by atoms with E-state index in [1.54, 1.807) is 18.7 Å². The van der Waals surface area contributed by atoms with Gasteiger partial charge in [-0.3, -0.25) is 9.69 Å². The van der Waals surface area contributed by atoms with Crippen molar-refractivity contribution in [3.8, 4) is 0 Å². The molecule has 0 aliphatic carbocycles. The third kappa shape index (κ3) is 8.72. The van der Waals surface area contributed by atoms with E-state index >= 15 is 0 Å². The summed E-state index contributed by atoms with van der Waals surface area (Å²) in [6.07, 6.45) is 1.36. The Morgan fingerprint density at radius 2 is 1.83 bits per heavy atom. The van der Waals surface area contributed by atoms with Crippen molar-refractivity contribution in [3.63, 3.8) is 0 Å². The number of carbonyl (C=O) groups is 1. The van der Waals surface area contributed by atoms with Crippen molar-refractivity contribution in [2.45, 2.75) is 38.9 Å². The molecule has 0 unspecified atom stereocenters. The van der Waals surface area contributed by atoms with Gasteiger partial charge in [-0.1, -0.05) is 6.92 Å². The fourth-order valence-corrected chi connectivity index (χ4v) is 2.51. The van der Waals surface area contributed by atoms with E-state index in [2.05, 4.69) is 0 Å². The molecule has 0 bridgehead atoms. The van der Waals surface area contributed by atoms with Crippen molar-refractivity contribution >= 4 is 28.2 Å². The largest absolute Gasteiger partial charge is 0.480 e. The van der Waals surface area contributed by atoms with E-state index in [0.717, 1.165) is 6.42 Å². The van der Waals surface area contributed by atoms with Crippen molar-refractivity contribution < 1.29 is 18.3 Å². The van der Waals surface area contributed by atoms with Crippen molar-refractivity contribution in [2.75, 3.05) is 25.4 Å². The van der Waals surface area contributed by atoms with Gasteiger partial charge in [0.05, 0.1) is 17.5 Å². The van der Waals surface area contributed by atoms with E-state index in [1.807, 2.05) is 6.92 Å². The number of halogens is 1. The molecule has 0 aromatic carbocycles. The van der Waals surface area contributed by atoms with Crippen LogP contribution in [0.15, 0.2) is 0 Å². The Bertz CT molecular complexity index is 330. The molecule has 0 heterocycles. The molecular formula is C11H24ClNO4S. The Morgan fingerprint density at radius 3 is 2.22 bits per heavy atom. The van der Waals surface area contributed by atoms with E-state index in [1.165, 1.54) is 0 Å². The second-order valence-corrected chi connectivity index (χ2v) is 7.12. The zero-order valence-corrected chi connectivity index (χ0v) is 12.9. The van der Waals surface area contributed by atoms with E-state index in [0.29, 0.717) is 19.5 Å². The summed E-state index contributed by atoms with van der Waals surface area (Å²) in [5.74, 6) is -0.741. The molecule has 110 valence electrons. The minimum atomic E-state index is -3.01. The monoisotopic (exact) mass is 301 g/mol. The van der Waals surface area contributed by atoms with E-state index < -0.39 is 15.8 Å². The lowest BCUT2D eigenvalue weighted by Crippen LogP contribution is -2.32. The van der Waals surface area contributed by atoms with Crippen LogP contribution < -0.4 is 0 Å². The number of hydrogen-bond acceptors (Lipinski definition) is 4. The second-order valence-electron chi connectivity index (χ2n) is 4.44. The molecule has 0 aliphatic heterocycles. The van der Waals surface area contributed by atoms with Crippen LogP contribution in [-0.2, 0) is 14.6 Å². The smallest absolute Gasteiger partial charge is 0.317 e. The minimum Gasteiger partial charge on any atom is -0.480 e. The number of carboxylic acid groups (broad SMARTS) is 1. The van der Waals surface area contributed by atoms with Gasteiger partial charge in [-0.25, -0.2) is 8.42 Å². The fourth-order valence-electron chi connectivity index (χ4n) is 1.50. The van der Waals surface area contributed by atoms with Gasteiger partial charge in [0.25, 0.3) is 0 Å². The Labute approximate surface area is 116 Å². The molecular weight excluding hydrogens is 278 g/mol. The lowest BCUT2D eigenvalue weighted by atomic mass is 10.3. The normalized spacial score (nSPS) is 11.6. The summed E-state index contributed by atoms with van der Waals surface area (Å²) in [6, 6.07) is 0. The van der Waals surface area contributed by atoms with Crippen molar-refractivity contribution in [1.29, 1.82) is 0 Å². The summed E-state index contributed by atoms with van der Waals surface area (Å²) in [5, 5.41) is 8.34. The van der Waals surface area contributed by atoms with Gasteiger partial charge in [0.15, 0.2) is 9.84 Å². The second kappa shape index (κ2) is 9.58. The molecule has 0 amide bonds. The highest BCUT2D eigenvalue weighted by Crippen LogP contribution is 2.04. The van der Waals surface area contributed by atoms with Gasteiger partial charge in [0.1, 0.15) is 0 Å². The van der Waals surface area contributed by atoms with Crippen LogP contribution in [0, 0.1) is 0 Å². The zero-order valence-electron chi connectivity index (χ0n) is 11.3. The lowest BCUT2D eigenvalue weighted by Gasteiger charge is -2.19. The number of carboxylic acids is 1. The predicted octanol–water partition coefficient (Wildman–Crippen LogP) is 1.42. The van der Waals surface area contributed by atoms with E-state index in [9.17, 15) is 13.2 Å². The van der Waals surface area contributed by atoms with Gasteiger partial charge in [-0.2, -0.15) is 0 Å². The zero-order chi connectivity index (χ0) is 13.5. The Hall–Kier alpha value is -0.330. The maximum Gasteiger partial charge on any atom is 0.317 e. The van der Waals surface area contributed by atoms with E-state index in [-0.39, 0.29) is 30.0 Å². The first-order chi connectivity index (χ1) is 7.79. The lowest BCUT2D eigenvalue weighted by molar-refractivity contribution is -0.138. The molecule has 0 radical (unpaired) electrons. The quantitative estimate of drug-likeness (QED) is 0.697. The molecule has 0 fully saturated rings. The Morgan fingerprint density at radius 1 is 1.28 bits per heavy atom. The molecule has 0 saturated carbocycles.